The number of rotatable bonds is 6. The summed E-state index contributed by atoms with van der Waals surface area (Å²) in [6, 6.07) is 6.72. The van der Waals surface area contributed by atoms with E-state index >= 15 is 0 Å². The first-order valence-electron chi connectivity index (χ1n) is 7.83. The highest BCUT2D eigenvalue weighted by atomic mass is 16.7. The van der Waals surface area contributed by atoms with Crippen LogP contribution in [0.1, 0.15) is 5.56 Å². The average Bonchev–Trinajstić information content (AvgIpc) is 3.08. The number of fused-ring (bicyclic) bond motifs is 1. The number of methoxy groups -OCH3 is 3. The molecule has 0 aliphatic carbocycles. The second-order valence-electron chi connectivity index (χ2n) is 5.55. The lowest BCUT2D eigenvalue weighted by Crippen LogP contribution is -2.15. The van der Waals surface area contributed by atoms with Crippen LogP contribution in [-0.2, 0) is 11.2 Å². The van der Waals surface area contributed by atoms with Crippen molar-refractivity contribution in [1.29, 1.82) is 0 Å². The highest BCUT2D eigenvalue weighted by Crippen LogP contribution is 2.39. The third-order valence-corrected chi connectivity index (χ3v) is 3.91. The zero-order valence-electron chi connectivity index (χ0n) is 14.8. The molecule has 0 saturated carbocycles. The highest BCUT2D eigenvalue weighted by Gasteiger charge is 2.18. The van der Waals surface area contributed by atoms with E-state index in [0.29, 0.717) is 45.7 Å². The van der Waals surface area contributed by atoms with Gasteiger partial charge in [0.1, 0.15) is 0 Å². The van der Waals surface area contributed by atoms with Crippen molar-refractivity contribution in [2.45, 2.75) is 6.42 Å². The van der Waals surface area contributed by atoms with Crippen LogP contribution in [0.5, 0.6) is 28.7 Å². The molecule has 1 aliphatic heterocycles. The Balaban J connectivity index is 1.78. The van der Waals surface area contributed by atoms with Crippen LogP contribution >= 0.6 is 0 Å². The number of nitrogens with one attached hydrogen (secondary N) is 1. The standard InChI is InChI=1S/C18H20N2O6/c1-22-15-4-10(5-16(23-2)18(15)24-3)6-17(21)20-12-8-14-13(7-11(12)19)25-9-26-14/h4-5,7-8H,6,9,19H2,1-3H3,(H,20,21). The third kappa shape index (κ3) is 3.39. The van der Waals surface area contributed by atoms with Gasteiger partial charge in [-0.1, -0.05) is 0 Å². The normalized spacial score (nSPS) is 11.8. The maximum Gasteiger partial charge on any atom is 0.231 e. The van der Waals surface area contributed by atoms with Gasteiger partial charge in [-0.3, -0.25) is 4.79 Å². The Morgan fingerprint density at radius 3 is 2.23 bits per heavy atom. The molecule has 1 aliphatic rings. The van der Waals surface area contributed by atoms with Gasteiger partial charge in [0.25, 0.3) is 0 Å². The summed E-state index contributed by atoms with van der Waals surface area (Å²) < 4.78 is 26.4. The summed E-state index contributed by atoms with van der Waals surface area (Å²) in [7, 11) is 4.57. The first-order valence-corrected chi connectivity index (χ1v) is 7.83. The van der Waals surface area contributed by atoms with Gasteiger partial charge in [0.05, 0.1) is 39.1 Å². The quantitative estimate of drug-likeness (QED) is 0.762. The third-order valence-electron chi connectivity index (χ3n) is 3.91. The van der Waals surface area contributed by atoms with Crippen LogP contribution in [0.3, 0.4) is 0 Å². The Morgan fingerprint density at radius 1 is 1.04 bits per heavy atom. The number of carbonyl (C=O) groups excluding carboxylic acids is 1. The van der Waals surface area contributed by atoms with Crippen LogP contribution in [0, 0.1) is 0 Å². The lowest BCUT2D eigenvalue weighted by molar-refractivity contribution is -0.115. The van der Waals surface area contributed by atoms with Gasteiger partial charge < -0.3 is 34.7 Å². The van der Waals surface area contributed by atoms with Crippen molar-refractivity contribution in [3.8, 4) is 28.7 Å². The smallest absolute Gasteiger partial charge is 0.231 e. The van der Waals surface area contributed by atoms with Gasteiger partial charge in [0.2, 0.25) is 18.4 Å². The topological polar surface area (TPSA) is 101 Å². The van der Waals surface area contributed by atoms with E-state index in [1.165, 1.54) is 21.3 Å². The van der Waals surface area contributed by atoms with E-state index in [-0.39, 0.29) is 19.1 Å². The van der Waals surface area contributed by atoms with Crippen molar-refractivity contribution < 1.29 is 28.5 Å². The summed E-state index contributed by atoms with van der Waals surface area (Å²) in [4.78, 5) is 12.4. The molecule has 0 fully saturated rings. The molecule has 0 aromatic heterocycles. The molecule has 8 heteroatoms. The van der Waals surface area contributed by atoms with Crippen molar-refractivity contribution in [2.24, 2.45) is 0 Å². The Morgan fingerprint density at radius 2 is 1.65 bits per heavy atom. The minimum Gasteiger partial charge on any atom is -0.493 e. The molecule has 1 amide bonds. The summed E-state index contributed by atoms with van der Waals surface area (Å²) >= 11 is 0. The van der Waals surface area contributed by atoms with Gasteiger partial charge in [0.15, 0.2) is 23.0 Å². The largest absolute Gasteiger partial charge is 0.493 e. The minimum atomic E-state index is -0.246. The summed E-state index contributed by atoms with van der Waals surface area (Å²) in [5.74, 6) is 2.30. The van der Waals surface area contributed by atoms with Crippen molar-refractivity contribution in [3.63, 3.8) is 0 Å². The van der Waals surface area contributed by atoms with E-state index in [1.807, 2.05) is 0 Å². The average molecular weight is 360 g/mol. The number of nitrogen functional groups attached to an aromatic ring is 1. The summed E-state index contributed by atoms with van der Waals surface area (Å²) in [6.45, 7) is 0.137. The SMILES string of the molecule is COc1cc(CC(=O)Nc2cc3c(cc2N)OCO3)cc(OC)c1OC. The van der Waals surface area contributed by atoms with Crippen LogP contribution in [0.2, 0.25) is 0 Å². The van der Waals surface area contributed by atoms with Gasteiger partial charge in [-0.2, -0.15) is 0 Å². The zero-order chi connectivity index (χ0) is 18.7. The molecule has 8 nitrogen and oxygen atoms in total. The summed E-state index contributed by atoms with van der Waals surface area (Å²) in [5.41, 5.74) is 7.52. The molecular weight excluding hydrogens is 340 g/mol. The molecule has 26 heavy (non-hydrogen) atoms. The highest BCUT2D eigenvalue weighted by molar-refractivity contribution is 5.96. The summed E-state index contributed by atoms with van der Waals surface area (Å²) in [6.07, 6.45) is 0.102. The predicted octanol–water partition coefficient (Wildman–Crippen LogP) is 2.20. The molecule has 0 bridgehead atoms. The Labute approximate surface area is 150 Å². The maximum atomic E-state index is 12.4. The van der Waals surface area contributed by atoms with Crippen LogP contribution in [0.4, 0.5) is 11.4 Å². The van der Waals surface area contributed by atoms with E-state index in [0.717, 1.165) is 0 Å². The van der Waals surface area contributed by atoms with E-state index in [4.69, 9.17) is 29.4 Å². The lowest BCUT2D eigenvalue weighted by Gasteiger charge is -2.14. The molecule has 0 atom stereocenters. The molecule has 0 radical (unpaired) electrons. The molecule has 1 heterocycles. The Bertz CT molecular complexity index is 812. The summed E-state index contributed by atoms with van der Waals surface area (Å²) in [5, 5.41) is 2.78. The predicted molar refractivity (Wildman–Crippen MR) is 95.4 cm³/mol. The molecule has 138 valence electrons. The minimum absolute atomic E-state index is 0.102. The second-order valence-corrected chi connectivity index (χ2v) is 5.55. The fourth-order valence-corrected chi connectivity index (χ4v) is 2.68. The number of hydrogen-bond donors (Lipinski definition) is 2. The number of nitrogens with two attached hydrogens (primary N) is 1. The number of anilines is 2. The lowest BCUT2D eigenvalue weighted by atomic mass is 10.1. The molecule has 3 N–H and O–H groups in total. The second kappa shape index (κ2) is 7.30. The first kappa shape index (κ1) is 17.5. The van der Waals surface area contributed by atoms with Gasteiger partial charge >= 0.3 is 0 Å². The van der Waals surface area contributed by atoms with Crippen molar-refractivity contribution in [2.75, 3.05) is 39.2 Å². The van der Waals surface area contributed by atoms with Crippen molar-refractivity contribution in [3.05, 3.63) is 29.8 Å². The van der Waals surface area contributed by atoms with Crippen molar-refractivity contribution in [1.82, 2.24) is 0 Å². The maximum absolute atomic E-state index is 12.4. The van der Waals surface area contributed by atoms with E-state index < -0.39 is 0 Å². The number of amides is 1. The fraction of sp³-hybridized carbons (Fsp3) is 0.278. The van der Waals surface area contributed by atoms with E-state index in [1.54, 1.807) is 24.3 Å². The van der Waals surface area contributed by atoms with Gasteiger partial charge in [0, 0.05) is 12.1 Å². The van der Waals surface area contributed by atoms with Crippen molar-refractivity contribution >= 4 is 17.3 Å². The number of hydrogen-bond acceptors (Lipinski definition) is 7. The molecule has 2 aromatic rings. The Kier molecular flexibility index (Phi) is 4.92. The number of carbonyl (C=O) groups is 1. The monoisotopic (exact) mass is 360 g/mol. The number of ether oxygens (including phenoxy) is 5. The van der Waals surface area contributed by atoms with Gasteiger partial charge in [-0.25, -0.2) is 0 Å². The molecule has 0 saturated heterocycles. The molecular formula is C18H20N2O6. The van der Waals surface area contributed by atoms with Crippen LogP contribution in [0.15, 0.2) is 24.3 Å². The molecule has 0 spiro atoms. The molecule has 2 aromatic carbocycles. The van der Waals surface area contributed by atoms with Crippen LogP contribution in [-0.4, -0.2) is 34.0 Å². The molecule has 3 rings (SSSR count). The van der Waals surface area contributed by atoms with E-state index in [9.17, 15) is 4.79 Å². The fourth-order valence-electron chi connectivity index (χ4n) is 2.68. The zero-order valence-corrected chi connectivity index (χ0v) is 14.8. The van der Waals surface area contributed by atoms with Gasteiger partial charge in [-0.05, 0) is 17.7 Å². The van der Waals surface area contributed by atoms with E-state index in [2.05, 4.69) is 5.32 Å². The Hall–Kier alpha value is -3.29. The number of benzene rings is 2. The molecule has 0 unspecified atom stereocenters. The van der Waals surface area contributed by atoms with Crippen LogP contribution < -0.4 is 34.7 Å². The first-order chi connectivity index (χ1) is 12.5. The van der Waals surface area contributed by atoms with Gasteiger partial charge in [-0.15, -0.1) is 0 Å². The van der Waals surface area contributed by atoms with Crippen LogP contribution in [0.25, 0.3) is 0 Å².